The number of imidazole rings is 1. The number of phenolic OH excluding ortho intramolecular Hbond substituents is 3. The van der Waals surface area contributed by atoms with E-state index in [9.17, 15) is 55.5 Å². The van der Waals surface area contributed by atoms with Gasteiger partial charge in [0, 0.05) is 52.9 Å². The van der Waals surface area contributed by atoms with Crippen molar-refractivity contribution in [3.8, 4) is 23.0 Å². The fourth-order valence-corrected chi connectivity index (χ4v) is 11.1. The zero-order valence-corrected chi connectivity index (χ0v) is 32.8. The number of hydrogen-bond donors (Lipinski definition) is 10. The molecule has 1 amide bonds. The first-order valence-electron chi connectivity index (χ1n) is 20.4. The van der Waals surface area contributed by atoms with Gasteiger partial charge in [-0.1, -0.05) is 43.2 Å². The van der Waals surface area contributed by atoms with Gasteiger partial charge in [0.1, 0.15) is 29.8 Å². The molecule has 3 aromatic carbocycles. The Labute approximate surface area is 349 Å². The van der Waals surface area contributed by atoms with Gasteiger partial charge in [0.2, 0.25) is 0 Å². The van der Waals surface area contributed by atoms with Crippen LogP contribution in [0.3, 0.4) is 0 Å². The van der Waals surface area contributed by atoms with Crippen LogP contribution in [0.4, 0.5) is 5.69 Å². The summed E-state index contributed by atoms with van der Waals surface area (Å²) in [7, 11) is 0. The number of aliphatic carboxylic acids is 1. The minimum atomic E-state index is -3.14. The largest absolute Gasteiger partial charge is 0.508 e. The lowest BCUT2D eigenvalue weighted by atomic mass is 9.49. The number of aromatic nitrogens is 2. The Kier molecular flexibility index (Phi) is 10.00. The van der Waals surface area contributed by atoms with Crippen molar-refractivity contribution in [3.05, 3.63) is 113 Å². The van der Waals surface area contributed by atoms with E-state index in [4.69, 9.17) is 9.47 Å². The van der Waals surface area contributed by atoms with Gasteiger partial charge in [-0.25, -0.2) is 9.78 Å². The number of nitrogens with zero attached hydrogens (tertiary/aromatic N) is 2. The topological polar surface area (TPSA) is 267 Å². The van der Waals surface area contributed by atoms with Crippen LogP contribution < -0.4 is 9.64 Å². The molecule has 10 N–H and O–H groups in total. The number of aromatic hydroxyl groups is 3. The van der Waals surface area contributed by atoms with Crippen LogP contribution in [0.5, 0.6) is 23.0 Å². The van der Waals surface area contributed by atoms with Crippen molar-refractivity contribution in [3.63, 3.8) is 0 Å². The number of benzene rings is 3. The molecule has 0 radical (unpaired) electrons. The van der Waals surface area contributed by atoms with Crippen molar-refractivity contribution >= 4 is 23.6 Å². The predicted molar refractivity (Wildman–Crippen MR) is 215 cm³/mol. The summed E-state index contributed by atoms with van der Waals surface area (Å²) in [6.45, 7) is -0.898. The number of rotatable bonds is 9. The Morgan fingerprint density at radius 1 is 1.00 bits per heavy atom. The summed E-state index contributed by atoms with van der Waals surface area (Å²) in [5, 5.41) is 98.2. The van der Waals surface area contributed by atoms with Crippen LogP contribution in [0, 0.1) is 11.8 Å². The Morgan fingerprint density at radius 2 is 1.82 bits per heavy atom. The van der Waals surface area contributed by atoms with Gasteiger partial charge in [-0.3, -0.25) is 9.69 Å². The van der Waals surface area contributed by atoms with Gasteiger partial charge in [-0.15, -0.1) is 0 Å². The molecule has 1 saturated heterocycles. The SMILES string of the molecule is O=C(C=Cc1ccc(O)c(Cc2cnc[nH]2)c1)N1c2cc(OC3(O)OC(CO)C(O)C(O)C3O)c(O)cc2C2C(C34CCCCC3CCc3cccc(O)c34)C=CC21C(=O)O. The third-order valence-electron chi connectivity index (χ3n) is 13.7. The summed E-state index contributed by atoms with van der Waals surface area (Å²) in [6, 6.07) is 12.6. The zero-order valence-electron chi connectivity index (χ0n) is 32.8. The van der Waals surface area contributed by atoms with Gasteiger partial charge < -0.3 is 60.4 Å². The normalized spacial score (nSPS) is 32.6. The van der Waals surface area contributed by atoms with Gasteiger partial charge >= 0.3 is 11.9 Å². The van der Waals surface area contributed by atoms with E-state index in [2.05, 4.69) is 9.97 Å². The van der Waals surface area contributed by atoms with Crippen LogP contribution in [0.2, 0.25) is 0 Å². The molecular weight excluding hydrogens is 791 g/mol. The number of aliphatic hydroxyl groups is 5. The average molecular weight is 838 g/mol. The number of aryl methyl sites for hydroxylation is 1. The van der Waals surface area contributed by atoms with E-state index in [0.29, 0.717) is 24.0 Å². The molecule has 16 heteroatoms. The number of carboxylic acid groups (broad SMARTS) is 1. The first kappa shape index (κ1) is 40.6. The molecule has 1 aromatic heterocycles. The summed E-state index contributed by atoms with van der Waals surface area (Å²) in [5.74, 6) is -7.96. The number of hydrogen-bond acceptors (Lipinski definition) is 13. The van der Waals surface area contributed by atoms with E-state index in [1.54, 1.807) is 30.5 Å². The van der Waals surface area contributed by atoms with Crippen LogP contribution in [0.15, 0.2) is 79.3 Å². The second-order valence-corrected chi connectivity index (χ2v) is 16.9. The summed E-state index contributed by atoms with van der Waals surface area (Å²) in [4.78, 5) is 37.1. The molecule has 10 unspecified atom stereocenters. The van der Waals surface area contributed by atoms with Crippen molar-refractivity contribution in [1.29, 1.82) is 0 Å². The highest BCUT2D eigenvalue weighted by molar-refractivity contribution is 6.13. The number of anilines is 1. The highest BCUT2D eigenvalue weighted by Gasteiger charge is 2.68. The van der Waals surface area contributed by atoms with Crippen LogP contribution in [-0.2, 0) is 32.6 Å². The van der Waals surface area contributed by atoms with E-state index in [1.165, 1.54) is 36.7 Å². The van der Waals surface area contributed by atoms with Crippen molar-refractivity contribution in [2.75, 3.05) is 11.5 Å². The number of carbonyl (C=O) groups is 2. The maximum absolute atomic E-state index is 14.9. The zero-order chi connectivity index (χ0) is 43.0. The Bertz CT molecular complexity index is 2440. The van der Waals surface area contributed by atoms with Crippen LogP contribution in [0.25, 0.3) is 6.08 Å². The molecular formula is C45H47N3O13. The predicted octanol–water partition coefficient (Wildman–Crippen LogP) is 2.84. The fraction of sp³-hybridized carbons (Fsp3) is 0.400. The molecule has 3 aliphatic carbocycles. The number of allylic oxidation sites excluding steroid dienone is 1. The Morgan fingerprint density at radius 3 is 2.57 bits per heavy atom. The molecule has 5 aliphatic rings. The molecule has 61 heavy (non-hydrogen) atoms. The lowest BCUT2D eigenvalue weighted by Gasteiger charge is -2.54. The number of ether oxygens (including phenoxy) is 2. The van der Waals surface area contributed by atoms with E-state index >= 15 is 0 Å². The molecule has 2 fully saturated rings. The molecule has 320 valence electrons. The lowest BCUT2D eigenvalue weighted by Crippen LogP contribution is -2.67. The lowest BCUT2D eigenvalue weighted by molar-refractivity contribution is -0.422. The number of fused-ring (bicyclic) bond motifs is 6. The smallest absolute Gasteiger partial charge is 0.355 e. The second kappa shape index (κ2) is 15.0. The summed E-state index contributed by atoms with van der Waals surface area (Å²) < 4.78 is 11.0. The first-order valence-corrected chi connectivity index (χ1v) is 20.4. The third kappa shape index (κ3) is 6.22. The average Bonchev–Trinajstić information content (AvgIpc) is 3.98. The van der Waals surface area contributed by atoms with E-state index in [1.807, 2.05) is 12.1 Å². The molecule has 9 rings (SSSR count). The molecule has 1 saturated carbocycles. The second-order valence-electron chi connectivity index (χ2n) is 16.9. The molecule has 0 bridgehead atoms. The number of carbonyl (C=O) groups excluding carboxylic acids is 1. The Balaban J connectivity index is 1.18. The van der Waals surface area contributed by atoms with Crippen LogP contribution in [-0.4, -0.2) is 110 Å². The molecule has 10 atom stereocenters. The van der Waals surface area contributed by atoms with Crippen LogP contribution >= 0.6 is 0 Å². The minimum Gasteiger partial charge on any atom is -0.508 e. The van der Waals surface area contributed by atoms with Gasteiger partial charge in [0.15, 0.2) is 23.1 Å². The number of nitrogens with one attached hydrogen (secondary N) is 1. The standard InChI is InChI=1S/C45H47N3O13/c49-21-35-39(54)40(55)41(56)45(59,61-35)60-34-19-30-28(18-33(34)52)38-29(43-14-2-1-5-26(43)10-9-24-4-3-6-32(51)37(24)43)13-15-44(38,42(57)58)48(30)36(53)12-8-23-7-11-31(50)25(16-23)17-27-20-46-22-47-27/h3-4,6-8,11-13,15-16,18-20,22,26,29,35,38-41,49-52,54-56,59H,1-2,5,9-10,14,17,21H2,(H,46,47)(H,57,58). The molecule has 0 spiro atoms. The van der Waals surface area contributed by atoms with E-state index in [0.717, 1.165) is 59.9 Å². The van der Waals surface area contributed by atoms with Gasteiger partial charge in [0.05, 0.1) is 18.6 Å². The number of H-pyrrole nitrogens is 1. The Hall–Kier alpha value is -5.75. The summed E-state index contributed by atoms with van der Waals surface area (Å²) in [5.41, 5.74) is 0.926. The monoisotopic (exact) mass is 837 g/mol. The van der Waals surface area contributed by atoms with Crippen molar-refractivity contribution in [2.45, 2.75) is 92.2 Å². The van der Waals surface area contributed by atoms with Crippen molar-refractivity contribution in [1.82, 2.24) is 9.97 Å². The quantitative estimate of drug-likeness (QED) is 0.0661. The maximum Gasteiger partial charge on any atom is 0.355 e. The number of amides is 1. The van der Waals surface area contributed by atoms with E-state index in [-0.39, 0.29) is 28.7 Å². The van der Waals surface area contributed by atoms with Crippen molar-refractivity contribution in [2.24, 2.45) is 11.8 Å². The first-order chi connectivity index (χ1) is 29.2. The van der Waals surface area contributed by atoms with E-state index < -0.39 is 83.2 Å². The number of aliphatic hydroxyl groups excluding tert-OH is 4. The number of carboxylic acids is 1. The van der Waals surface area contributed by atoms with Gasteiger partial charge in [-0.05, 0) is 84.6 Å². The van der Waals surface area contributed by atoms with Gasteiger partial charge in [0.25, 0.3) is 5.91 Å². The van der Waals surface area contributed by atoms with Gasteiger partial charge in [-0.2, -0.15) is 0 Å². The highest BCUT2D eigenvalue weighted by Crippen LogP contribution is 2.67. The molecule has 4 aromatic rings. The number of aromatic amines is 1. The summed E-state index contributed by atoms with van der Waals surface area (Å²) in [6.07, 6.45) is 6.41. The third-order valence-corrected chi connectivity index (χ3v) is 13.7. The molecule has 3 heterocycles. The fourth-order valence-electron chi connectivity index (χ4n) is 11.1. The molecule has 16 nitrogen and oxygen atoms in total. The molecule has 2 aliphatic heterocycles. The highest BCUT2D eigenvalue weighted by atomic mass is 16.8. The summed E-state index contributed by atoms with van der Waals surface area (Å²) >= 11 is 0. The number of phenols is 3. The van der Waals surface area contributed by atoms with Crippen molar-refractivity contribution < 1.29 is 65.0 Å². The minimum absolute atomic E-state index is 0.0138. The van der Waals surface area contributed by atoms with Crippen LogP contribution in [0.1, 0.15) is 71.5 Å². The maximum atomic E-state index is 14.9.